The van der Waals surface area contributed by atoms with Gasteiger partial charge in [0.2, 0.25) is 0 Å². The molecule has 0 fully saturated rings. The van der Waals surface area contributed by atoms with Gasteiger partial charge in [-0.3, -0.25) is 4.79 Å². The van der Waals surface area contributed by atoms with Crippen molar-refractivity contribution in [3.63, 3.8) is 0 Å². The van der Waals surface area contributed by atoms with Crippen molar-refractivity contribution in [2.45, 2.75) is 46.2 Å². The van der Waals surface area contributed by atoms with Crippen molar-refractivity contribution in [1.82, 2.24) is 20.1 Å². The summed E-state index contributed by atoms with van der Waals surface area (Å²) in [7, 11) is 0. The quantitative estimate of drug-likeness (QED) is 0.665. The maximum Gasteiger partial charge on any atom is 0.252 e. The van der Waals surface area contributed by atoms with Crippen LogP contribution in [0, 0.1) is 5.92 Å². The van der Waals surface area contributed by atoms with Crippen LogP contribution in [0.1, 0.15) is 50.5 Å². The summed E-state index contributed by atoms with van der Waals surface area (Å²) in [4.78, 5) is 17.7. The average Bonchev–Trinajstić information content (AvgIpc) is 3.29. The molecule has 1 amide bonds. The Kier molecular flexibility index (Phi) is 5.60. The van der Waals surface area contributed by atoms with Gasteiger partial charge in [0, 0.05) is 18.6 Å². The third kappa shape index (κ3) is 4.03. The van der Waals surface area contributed by atoms with Gasteiger partial charge in [0.1, 0.15) is 5.69 Å². The molecule has 0 radical (unpaired) electrons. The summed E-state index contributed by atoms with van der Waals surface area (Å²) in [5, 5.41) is 8.20. The van der Waals surface area contributed by atoms with E-state index in [4.69, 9.17) is 15.1 Å². The van der Waals surface area contributed by atoms with Crippen molar-refractivity contribution >= 4 is 16.9 Å². The smallest absolute Gasteiger partial charge is 0.252 e. The molecule has 0 aliphatic rings. The van der Waals surface area contributed by atoms with Gasteiger partial charge in [-0.1, -0.05) is 13.8 Å². The Labute approximate surface area is 158 Å². The normalized spacial score (nSPS) is 12.9. The van der Waals surface area contributed by atoms with Crippen LogP contribution in [-0.2, 0) is 0 Å². The number of furan rings is 1. The minimum Gasteiger partial charge on any atom is -0.463 e. The Morgan fingerprint density at radius 1 is 1.33 bits per heavy atom. The molecule has 0 aliphatic carbocycles. The minimum absolute atomic E-state index is 0.0760. The molecule has 0 aromatic carbocycles. The van der Waals surface area contributed by atoms with Gasteiger partial charge in [-0.25, -0.2) is 9.67 Å². The van der Waals surface area contributed by atoms with E-state index in [9.17, 15) is 4.79 Å². The number of nitrogens with one attached hydrogen (secondary N) is 1. The SMILES string of the molecule is CC(C)CC(CN)NC(=O)c1cc(-c2ccco2)nc2c1cnn2C(C)C. The molecule has 0 saturated heterocycles. The van der Waals surface area contributed by atoms with Gasteiger partial charge in [-0.2, -0.15) is 5.10 Å². The number of carbonyl (C=O) groups excluding carboxylic acids is 1. The molecule has 0 aliphatic heterocycles. The van der Waals surface area contributed by atoms with Crippen molar-refractivity contribution in [2.75, 3.05) is 6.54 Å². The first-order valence-corrected chi connectivity index (χ1v) is 9.33. The molecule has 3 heterocycles. The van der Waals surface area contributed by atoms with Gasteiger partial charge in [0.15, 0.2) is 11.4 Å². The topological polar surface area (TPSA) is 99.0 Å². The Morgan fingerprint density at radius 2 is 2.11 bits per heavy atom. The van der Waals surface area contributed by atoms with Crippen LogP contribution in [0.5, 0.6) is 0 Å². The Hall–Kier alpha value is -2.67. The van der Waals surface area contributed by atoms with E-state index >= 15 is 0 Å². The second-order valence-corrected chi connectivity index (χ2v) is 7.49. The Balaban J connectivity index is 2.06. The number of aromatic nitrogens is 3. The Morgan fingerprint density at radius 3 is 2.70 bits per heavy atom. The van der Waals surface area contributed by atoms with E-state index in [0.29, 0.717) is 35.1 Å². The van der Waals surface area contributed by atoms with E-state index in [1.807, 2.05) is 24.6 Å². The van der Waals surface area contributed by atoms with Gasteiger partial charge in [-0.15, -0.1) is 0 Å². The number of amides is 1. The highest BCUT2D eigenvalue weighted by Crippen LogP contribution is 2.26. The zero-order valence-corrected chi connectivity index (χ0v) is 16.3. The lowest BCUT2D eigenvalue weighted by atomic mass is 10.0. The maximum atomic E-state index is 13.0. The van der Waals surface area contributed by atoms with Crippen LogP contribution in [-0.4, -0.2) is 33.3 Å². The number of hydrogen-bond donors (Lipinski definition) is 2. The third-order valence-electron chi connectivity index (χ3n) is 4.45. The molecule has 27 heavy (non-hydrogen) atoms. The average molecular weight is 369 g/mol. The molecule has 1 atom stereocenters. The number of nitrogens with two attached hydrogens (primary N) is 1. The monoisotopic (exact) mass is 369 g/mol. The van der Waals surface area contributed by atoms with Crippen molar-refractivity contribution < 1.29 is 9.21 Å². The molecular formula is C20H27N5O2. The molecule has 0 bridgehead atoms. The molecule has 3 N–H and O–H groups in total. The predicted molar refractivity (Wildman–Crippen MR) is 105 cm³/mol. The summed E-state index contributed by atoms with van der Waals surface area (Å²) in [5.74, 6) is 0.883. The minimum atomic E-state index is -0.172. The summed E-state index contributed by atoms with van der Waals surface area (Å²) < 4.78 is 7.30. The van der Waals surface area contributed by atoms with Crippen LogP contribution in [0.4, 0.5) is 0 Å². The molecule has 1 unspecified atom stereocenters. The summed E-state index contributed by atoms with van der Waals surface area (Å²) in [6, 6.07) is 5.43. The fraction of sp³-hybridized carbons (Fsp3) is 0.450. The highest BCUT2D eigenvalue weighted by atomic mass is 16.3. The standard InChI is InChI=1S/C20H27N5O2/c1-12(2)8-14(10-21)23-20(26)15-9-17(18-6-5-7-27-18)24-19-16(15)11-22-25(19)13(3)4/h5-7,9,11-14H,8,10,21H2,1-4H3,(H,23,26). The molecule has 0 spiro atoms. The van der Waals surface area contributed by atoms with E-state index in [0.717, 1.165) is 11.8 Å². The molecule has 3 rings (SSSR count). The van der Waals surface area contributed by atoms with E-state index in [2.05, 4.69) is 24.3 Å². The number of pyridine rings is 1. The maximum absolute atomic E-state index is 13.0. The second-order valence-electron chi connectivity index (χ2n) is 7.49. The van der Waals surface area contributed by atoms with E-state index < -0.39 is 0 Å². The summed E-state index contributed by atoms with van der Waals surface area (Å²) in [6.07, 6.45) is 4.11. The van der Waals surface area contributed by atoms with Gasteiger partial charge >= 0.3 is 0 Å². The number of carbonyl (C=O) groups is 1. The van der Waals surface area contributed by atoms with E-state index in [1.54, 1.807) is 24.6 Å². The van der Waals surface area contributed by atoms with Gasteiger partial charge < -0.3 is 15.5 Å². The lowest BCUT2D eigenvalue weighted by molar-refractivity contribution is 0.0935. The molecule has 7 nitrogen and oxygen atoms in total. The summed E-state index contributed by atoms with van der Waals surface area (Å²) >= 11 is 0. The molecular weight excluding hydrogens is 342 g/mol. The van der Waals surface area contributed by atoms with Crippen LogP contribution >= 0.6 is 0 Å². The van der Waals surface area contributed by atoms with Gasteiger partial charge in [0.05, 0.1) is 23.4 Å². The van der Waals surface area contributed by atoms with Crippen LogP contribution < -0.4 is 11.1 Å². The van der Waals surface area contributed by atoms with Crippen molar-refractivity contribution in [1.29, 1.82) is 0 Å². The molecule has 0 saturated carbocycles. The van der Waals surface area contributed by atoms with Gasteiger partial charge in [-0.05, 0) is 44.4 Å². The summed E-state index contributed by atoms with van der Waals surface area (Å²) in [5.41, 5.74) is 7.65. The van der Waals surface area contributed by atoms with Gasteiger partial charge in [0.25, 0.3) is 5.91 Å². The van der Waals surface area contributed by atoms with Crippen molar-refractivity contribution in [2.24, 2.45) is 11.7 Å². The van der Waals surface area contributed by atoms with Crippen LogP contribution in [0.2, 0.25) is 0 Å². The lowest BCUT2D eigenvalue weighted by Crippen LogP contribution is -2.41. The summed E-state index contributed by atoms with van der Waals surface area (Å²) in [6.45, 7) is 8.68. The molecule has 3 aromatic heterocycles. The van der Waals surface area contributed by atoms with E-state index in [-0.39, 0.29) is 18.0 Å². The zero-order chi connectivity index (χ0) is 19.6. The highest BCUT2D eigenvalue weighted by Gasteiger charge is 2.21. The zero-order valence-electron chi connectivity index (χ0n) is 16.3. The van der Waals surface area contributed by atoms with Crippen molar-refractivity contribution in [3.05, 3.63) is 36.2 Å². The first-order chi connectivity index (χ1) is 12.9. The molecule has 7 heteroatoms. The number of hydrogen-bond acceptors (Lipinski definition) is 5. The number of rotatable bonds is 7. The van der Waals surface area contributed by atoms with Crippen molar-refractivity contribution in [3.8, 4) is 11.5 Å². The fourth-order valence-corrected chi connectivity index (χ4v) is 3.18. The molecule has 144 valence electrons. The first-order valence-electron chi connectivity index (χ1n) is 9.33. The number of nitrogens with zero attached hydrogens (tertiary/aromatic N) is 3. The second kappa shape index (κ2) is 7.92. The molecule has 3 aromatic rings. The lowest BCUT2D eigenvalue weighted by Gasteiger charge is -2.19. The first kappa shape index (κ1) is 19.1. The highest BCUT2D eigenvalue weighted by molar-refractivity contribution is 6.06. The predicted octanol–water partition coefficient (Wildman–Crippen LogP) is 3.38. The fourth-order valence-electron chi connectivity index (χ4n) is 3.18. The number of fused-ring (bicyclic) bond motifs is 1. The van der Waals surface area contributed by atoms with Crippen LogP contribution in [0.3, 0.4) is 0 Å². The Bertz CT molecular complexity index is 912. The van der Waals surface area contributed by atoms with E-state index in [1.165, 1.54) is 0 Å². The van der Waals surface area contributed by atoms with Crippen LogP contribution in [0.15, 0.2) is 35.1 Å². The largest absolute Gasteiger partial charge is 0.463 e. The third-order valence-corrected chi connectivity index (χ3v) is 4.45. The van der Waals surface area contributed by atoms with Crippen LogP contribution in [0.25, 0.3) is 22.5 Å².